The number of esters is 1. The normalized spacial score (nSPS) is 11.4. The molecule has 0 aliphatic heterocycles. The van der Waals surface area contributed by atoms with Crippen molar-refractivity contribution < 1.29 is 19.1 Å². The maximum Gasteiger partial charge on any atom is 0.305 e. The fourth-order valence-corrected chi connectivity index (χ4v) is 2.68. The van der Waals surface area contributed by atoms with Crippen LogP contribution in [-0.2, 0) is 20.7 Å². The first-order chi connectivity index (χ1) is 13.5. The van der Waals surface area contributed by atoms with Crippen molar-refractivity contribution in [2.24, 2.45) is 0 Å². The minimum Gasteiger partial charge on any atom is -0.469 e. The molecule has 0 saturated heterocycles. The molecule has 2 rings (SSSR count). The van der Waals surface area contributed by atoms with Crippen LogP contribution in [0.5, 0.6) is 0 Å². The number of amides is 2. The van der Waals surface area contributed by atoms with E-state index in [0.29, 0.717) is 24.9 Å². The molecule has 0 unspecified atom stereocenters. The third-order valence-corrected chi connectivity index (χ3v) is 4.30. The van der Waals surface area contributed by atoms with E-state index < -0.39 is 6.04 Å². The molecule has 0 aliphatic rings. The fraction of sp³-hybridized carbons (Fsp3) is 0.318. The van der Waals surface area contributed by atoms with Crippen LogP contribution in [0.15, 0.2) is 54.6 Å². The van der Waals surface area contributed by atoms with Crippen molar-refractivity contribution in [3.63, 3.8) is 0 Å². The first-order valence-corrected chi connectivity index (χ1v) is 9.25. The molecule has 2 amide bonds. The Morgan fingerprint density at radius 2 is 1.68 bits per heavy atom. The lowest BCUT2D eigenvalue weighted by atomic mass is 10.0. The van der Waals surface area contributed by atoms with E-state index in [0.717, 1.165) is 11.1 Å². The maximum atomic E-state index is 12.6. The molecular formula is C22H26N2O4. The maximum absolute atomic E-state index is 12.6. The quantitative estimate of drug-likeness (QED) is 0.515. The number of ether oxygens (including phenoxy) is 1. The predicted octanol–water partition coefficient (Wildman–Crippen LogP) is 2.41. The highest BCUT2D eigenvalue weighted by Gasteiger charge is 2.21. The highest BCUT2D eigenvalue weighted by atomic mass is 16.5. The molecule has 148 valence electrons. The van der Waals surface area contributed by atoms with Crippen LogP contribution in [0.2, 0.25) is 0 Å². The molecule has 0 fully saturated rings. The number of aryl methyl sites for hydroxylation is 1. The van der Waals surface area contributed by atoms with Gasteiger partial charge in [-0.3, -0.25) is 14.4 Å². The number of hydrogen-bond donors (Lipinski definition) is 2. The number of nitrogens with one attached hydrogen (secondary N) is 2. The summed E-state index contributed by atoms with van der Waals surface area (Å²) in [5.41, 5.74) is 2.50. The van der Waals surface area contributed by atoms with Crippen LogP contribution in [0.3, 0.4) is 0 Å². The van der Waals surface area contributed by atoms with Gasteiger partial charge in [-0.25, -0.2) is 0 Å². The Bertz CT molecular complexity index is 788. The van der Waals surface area contributed by atoms with Crippen LogP contribution >= 0.6 is 0 Å². The number of rotatable bonds is 9. The van der Waals surface area contributed by atoms with Gasteiger partial charge in [0.2, 0.25) is 5.91 Å². The lowest BCUT2D eigenvalue weighted by molar-refractivity contribution is -0.140. The first kappa shape index (κ1) is 21.2. The van der Waals surface area contributed by atoms with Gasteiger partial charge in [-0.15, -0.1) is 0 Å². The van der Waals surface area contributed by atoms with Gasteiger partial charge in [0.05, 0.1) is 7.11 Å². The van der Waals surface area contributed by atoms with Crippen molar-refractivity contribution in [2.75, 3.05) is 13.7 Å². The molecule has 0 aromatic heterocycles. The third kappa shape index (κ3) is 6.87. The predicted molar refractivity (Wildman–Crippen MR) is 107 cm³/mol. The lowest BCUT2D eigenvalue weighted by Crippen LogP contribution is -2.48. The molecule has 2 aromatic carbocycles. The Morgan fingerprint density at radius 1 is 1.00 bits per heavy atom. The van der Waals surface area contributed by atoms with Gasteiger partial charge in [0.25, 0.3) is 5.91 Å². The van der Waals surface area contributed by atoms with Crippen molar-refractivity contribution in [1.82, 2.24) is 10.6 Å². The van der Waals surface area contributed by atoms with Gasteiger partial charge in [-0.2, -0.15) is 0 Å². The number of hydrogen-bond acceptors (Lipinski definition) is 4. The minimum absolute atomic E-state index is 0.232. The second-order valence-corrected chi connectivity index (χ2v) is 6.55. The highest BCUT2D eigenvalue weighted by molar-refractivity contribution is 5.97. The summed E-state index contributed by atoms with van der Waals surface area (Å²) in [6, 6.07) is 16.0. The van der Waals surface area contributed by atoms with Gasteiger partial charge in [0.15, 0.2) is 0 Å². The number of carbonyl (C=O) groups excluding carboxylic acids is 3. The Kier molecular flexibility index (Phi) is 8.21. The second kappa shape index (κ2) is 10.9. The Hall–Kier alpha value is -3.15. The zero-order chi connectivity index (χ0) is 20.4. The zero-order valence-electron chi connectivity index (χ0n) is 16.2. The minimum atomic E-state index is -0.714. The average molecular weight is 382 g/mol. The summed E-state index contributed by atoms with van der Waals surface area (Å²) in [7, 11) is 1.33. The smallest absolute Gasteiger partial charge is 0.305 e. The van der Waals surface area contributed by atoms with E-state index in [1.165, 1.54) is 7.11 Å². The van der Waals surface area contributed by atoms with Crippen molar-refractivity contribution in [1.29, 1.82) is 0 Å². The fourth-order valence-electron chi connectivity index (χ4n) is 2.68. The Labute approximate surface area is 165 Å². The first-order valence-electron chi connectivity index (χ1n) is 9.25. The SMILES string of the molecule is COC(=O)CCCNC(=O)[C@@H](Cc1ccccc1)NC(=O)c1ccc(C)cc1. The van der Waals surface area contributed by atoms with Crippen LogP contribution in [0, 0.1) is 6.92 Å². The third-order valence-electron chi connectivity index (χ3n) is 4.30. The van der Waals surface area contributed by atoms with Crippen LogP contribution < -0.4 is 10.6 Å². The van der Waals surface area contributed by atoms with Crippen LogP contribution in [0.1, 0.15) is 34.3 Å². The van der Waals surface area contributed by atoms with Gasteiger partial charge in [0.1, 0.15) is 6.04 Å². The van der Waals surface area contributed by atoms with Crippen LogP contribution in [-0.4, -0.2) is 37.5 Å². The molecule has 2 N–H and O–H groups in total. The molecule has 2 aromatic rings. The van der Waals surface area contributed by atoms with Crippen molar-refractivity contribution in [2.45, 2.75) is 32.2 Å². The summed E-state index contributed by atoms with van der Waals surface area (Å²) < 4.78 is 4.59. The monoisotopic (exact) mass is 382 g/mol. The van der Waals surface area contributed by atoms with E-state index in [1.807, 2.05) is 49.4 Å². The summed E-state index contributed by atoms with van der Waals surface area (Å²) in [4.78, 5) is 36.4. The van der Waals surface area contributed by atoms with E-state index in [4.69, 9.17) is 0 Å². The van der Waals surface area contributed by atoms with Crippen molar-refractivity contribution in [3.05, 3.63) is 71.3 Å². The van der Waals surface area contributed by atoms with Crippen molar-refractivity contribution in [3.8, 4) is 0 Å². The van der Waals surface area contributed by atoms with E-state index in [2.05, 4.69) is 15.4 Å². The lowest BCUT2D eigenvalue weighted by Gasteiger charge is -2.19. The summed E-state index contributed by atoms with van der Waals surface area (Å²) in [6.45, 7) is 2.28. The molecular weight excluding hydrogens is 356 g/mol. The Morgan fingerprint density at radius 3 is 2.32 bits per heavy atom. The van der Waals surface area contributed by atoms with Gasteiger partial charge in [-0.05, 0) is 31.0 Å². The summed E-state index contributed by atoms with van der Waals surface area (Å²) in [5, 5.41) is 5.61. The van der Waals surface area contributed by atoms with E-state index in [1.54, 1.807) is 12.1 Å². The summed E-state index contributed by atoms with van der Waals surface area (Å²) >= 11 is 0. The van der Waals surface area contributed by atoms with Gasteiger partial charge >= 0.3 is 5.97 Å². The molecule has 1 atom stereocenters. The summed E-state index contributed by atoms with van der Waals surface area (Å²) in [6.07, 6.45) is 1.08. The van der Waals surface area contributed by atoms with E-state index >= 15 is 0 Å². The molecule has 0 radical (unpaired) electrons. The van der Waals surface area contributed by atoms with E-state index in [-0.39, 0.29) is 24.2 Å². The second-order valence-electron chi connectivity index (χ2n) is 6.55. The van der Waals surface area contributed by atoms with Gasteiger partial charge in [0, 0.05) is 24.9 Å². The average Bonchev–Trinajstić information content (AvgIpc) is 2.71. The molecule has 6 nitrogen and oxygen atoms in total. The van der Waals surface area contributed by atoms with E-state index in [9.17, 15) is 14.4 Å². The van der Waals surface area contributed by atoms with Crippen LogP contribution in [0.25, 0.3) is 0 Å². The van der Waals surface area contributed by atoms with Gasteiger partial charge < -0.3 is 15.4 Å². The molecule has 0 heterocycles. The largest absolute Gasteiger partial charge is 0.469 e. The molecule has 0 bridgehead atoms. The molecule has 28 heavy (non-hydrogen) atoms. The molecule has 6 heteroatoms. The number of benzene rings is 2. The van der Waals surface area contributed by atoms with Crippen LogP contribution in [0.4, 0.5) is 0 Å². The molecule has 0 saturated carbocycles. The topological polar surface area (TPSA) is 84.5 Å². The standard InChI is InChI=1S/C22H26N2O4/c1-16-10-12-18(13-11-16)21(26)24-19(15-17-7-4-3-5-8-17)22(27)23-14-6-9-20(25)28-2/h3-5,7-8,10-13,19H,6,9,14-15H2,1-2H3,(H,23,27)(H,24,26)/t19-/m1/s1. The summed E-state index contributed by atoms with van der Waals surface area (Å²) in [5.74, 6) is -0.900. The van der Waals surface area contributed by atoms with Gasteiger partial charge in [-0.1, -0.05) is 48.0 Å². The molecule has 0 aliphatic carbocycles. The zero-order valence-corrected chi connectivity index (χ0v) is 16.2. The number of carbonyl (C=O) groups is 3. The van der Waals surface area contributed by atoms with Crippen molar-refractivity contribution >= 4 is 17.8 Å². The molecule has 0 spiro atoms. The Balaban J connectivity index is 2.01. The highest BCUT2D eigenvalue weighted by Crippen LogP contribution is 2.07. The number of methoxy groups -OCH3 is 1.